The van der Waals surface area contributed by atoms with Crippen molar-refractivity contribution in [2.75, 3.05) is 0 Å². The molecular formula is C17H16ClN5O. The minimum atomic E-state index is -0.279. The van der Waals surface area contributed by atoms with E-state index in [1.807, 2.05) is 36.4 Å². The molecule has 0 bridgehead atoms. The fraction of sp³-hybridized carbons (Fsp3) is 0.176. The van der Waals surface area contributed by atoms with Crippen LogP contribution in [0.15, 0.2) is 61.4 Å². The van der Waals surface area contributed by atoms with Crippen LogP contribution in [-0.2, 0) is 11.3 Å². The Morgan fingerprint density at radius 2 is 2.00 bits per heavy atom. The molecule has 0 saturated carbocycles. The highest BCUT2D eigenvalue weighted by atomic mass is 35.5. The molecule has 0 fully saturated rings. The molecule has 2 heterocycles. The second-order valence-corrected chi connectivity index (χ2v) is 5.68. The van der Waals surface area contributed by atoms with Gasteiger partial charge in [-0.1, -0.05) is 29.8 Å². The van der Waals surface area contributed by atoms with Crippen LogP contribution in [0.25, 0.3) is 0 Å². The molecular weight excluding hydrogens is 326 g/mol. The van der Waals surface area contributed by atoms with E-state index in [9.17, 15) is 4.79 Å². The quantitative estimate of drug-likeness (QED) is 0.748. The SMILES string of the molecule is O=C(CCn1cncn1)N[C@H](c1ccc(Cl)cc1)c1cccnc1. The summed E-state index contributed by atoms with van der Waals surface area (Å²) < 4.78 is 1.63. The van der Waals surface area contributed by atoms with Crippen LogP contribution >= 0.6 is 11.6 Å². The number of pyridine rings is 1. The Hall–Kier alpha value is -2.73. The van der Waals surface area contributed by atoms with Crippen LogP contribution in [-0.4, -0.2) is 25.7 Å². The van der Waals surface area contributed by atoms with Crippen molar-refractivity contribution < 1.29 is 4.79 Å². The number of amides is 1. The summed E-state index contributed by atoms with van der Waals surface area (Å²) in [6.45, 7) is 0.478. The zero-order chi connectivity index (χ0) is 16.8. The smallest absolute Gasteiger partial charge is 0.222 e. The molecule has 1 N–H and O–H groups in total. The Kier molecular flexibility index (Phi) is 5.18. The Labute approximate surface area is 144 Å². The van der Waals surface area contributed by atoms with Gasteiger partial charge in [0.15, 0.2) is 0 Å². The normalized spacial score (nSPS) is 11.9. The van der Waals surface area contributed by atoms with Crippen molar-refractivity contribution in [3.05, 3.63) is 77.6 Å². The molecule has 1 amide bonds. The van der Waals surface area contributed by atoms with E-state index in [-0.39, 0.29) is 11.9 Å². The molecule has 0 unspecified atom stereocenters. The third kappa shape index (κ3) is 4.17. The number of hydrogen-bond acceptors (Lipinski definition) is 4. The van der Waals surface area contributed by atoms with Crippen LogP contribution < -0.4 is 5.32 Å². The fourth-order valence-electron chi connectivity index (χ4n) is 2.36. The van der Waals surface area contributed by atoms with Gasteiger partial charge in [0.1, 0.15) is 12.7 Å². The number of nitrogens with one attached hydrogen (secondary N) is 1. The predicted octanol–water partition coefficient (Wildman–Crippen LogP) is 2.62. The average Bonchev–Trinajstić information content (AvgIpc) is 3.13. The molecule has 0 saturated heterocycles. The molecule has 122 valence electrons. The molecule has 3 aromatic rings. The van der Waals surface area contributed by atoms with Crippen molar-refractivity contribution in [2.45, 2.75) is 19.0 Å². The van der Waals surface area contributed by atoms with Gasteiger partial charge < -0.3 is 5.32 Å². The summed E-state index contributed by atoms with van der Waals surface area (Å²) in [6.07, 6.45) is 6.80. The van der Waals surface area contributed by atoms with Crippen molar-refractivity contribution in [2.24, 2.45) is 0 Å². The molecule has 3 rings (SSSR count). The van der Waals surface area contributed by atoms with Gasteiger partial charge in [-0.15, -0.1) is 0 Å². The number of aryl methyl sites for hydroxylation is 1. The van der Waals surface area contributed by atoms with Gasteiger partial charge in [0.05, 0.1) is 12.6 Å². The molecule has 0 aliphatic heterocycles. The summed E-state index contributed by atoms with van der Waals surface area (Å²) in [6, 6.07) is 10.9. The lowest BCUT2D eigenvalue weighted by molar-refractivity contribution is -0.121. The van der Waals surface area contributed by atoms with Gasteiger partial charge in [-0.3, -0.25) is 14.5 Å². The first-order chi connectivity index (χ1) is 11.7. The summed E-state index contributed by atoms with van der Waals surface area (Å²) in [4.78, 5) is 20.3. The van der Waals surface area contributed by atoms with Gasteiger partial charge >= 0.3 is 0 Å². The minimum Gasteiger partial charge on any atom is -0.345 e. The maximum absolute atomic E-state index is 12.3. The molecule has 6 nitrogen and oxygen atoms in total. The van der Waals surface area contributed by atoms with Crippen LogP contribution in [0.1, 0.15) is 23.6 Å². The summed E-state index contributed by atoms with van der Waals surface area (Å²) in [5, 5.41) is 7.70. The number of aromatic nitrogens is 4. The zero-order valence-corrected chi connectivity index (χ0v) is 13.6. The number of carbonyl (C=O) groups excluding carboxylic acids is 1. The summed E-state index contributed by atoms with van der Waals surface area (Å²) >= 11 is 5.96. The van der Waals surface area contributed by atoms with Crippen molar-refractivity contribution in [1.82, 2.24) is 25.1 Å². The van der Waals surface area contributed by atoms with Crippen molar-refractivity contribution >= 4 is 17.5 Å². The molecule has 0 aliphatic carbocycles. The van der Waals surface area contributed by atoms with Crippen molar-refractivity contribution in [3.63, 3.8) is 0 Å². The molecule has 1 atom stereocenters. The van der Waals surface area contributed by atoms with Gasteiger partial charge in [0.2, 0.25) is 5.91 Å². The molecule has 0 aliphatic rings. The first-order valence-corrected chi connectivity index (χ1v) is 7.87. The monoisotopic (exact) mass is 341 g/mol. The Morgan fingerprint density at radius 3 is 2.67 bits per heavy atom. The zero-order valence-electron chi connectivity index (χ0n) is 12.8. The summed E-state index contributed by atoms with van der Waals surface area (Å²) in [5.41, 5.74) is 1.86. The molecule has 24 heavy (non-hydrogen) atoms. The third-order valence-corrected chi connectivity index (χ3v) is 3.81. The van der Waals surface area contributed by atoms with E-state index in [2.05, 4.69) is 20.4 Å². The fourth-order valence-corrected chi connectivity index (χ4v) is 2.48. The highest BCUT2D eigenvalue weighted by molar-refractivity contribution is 6.30. The van der Waals surface area contributed by atoms with Gasteiger partial charge in [-0.25, -0.2) is 4.98 Å². The minimum absolute atomic E-state index is 0.0747. The Bertz CT molecular complexity index is 775. The molecule has 1 aromatic carbocycles. The maximum Gasteiger partial charge on any atom is 0.222 e. The van der Waals surface area contributed by atoms with Gasteiger partial charge in [-0.2, -0.15) is 5.10 Å². The van der Waals surface area contributed by atoms with E-state index in [0.717, 1.165) is 11.1 Å². The summed E-state index contributed by atoms with van der Waals surface area (Å²) in [5.74, 6) is -0.0747. The number of halogens is 1. The van der Waals surface area contributed by atoms with Crippen LogP contribution in [0, 0.1) is 0 Å². The van der Waals surface area contributed by atoms with Crippen molar-refractivity contribution in [3.8, 4) is 0 Å². The molecule has 2 aromatic heterocycles. The van der Waals surface area contributed by atoms with E-state index in [1.54, 1.807) is 23.4 Å². The van der Waals surface area contributed by atoms with E-state index >= 15 is 0 Å². The summed E-state index contributed by atoms with van der Waals surface area (Å²) in [7, 11) is 0. The van der Waals surface area contributed by atoms with E-state index < -0.39 is 0 Å². The largest absolute Gasteiger partial charge is 0.345 e. The van der Waals surface area contributed by atoms with E-state index in [1.165, 1.54) is 6.33 Å². The number of rotatable bonds is 6. The second-order valence-electron chi connectivity index (χ2n) is 5.25. The maximum atomic E-state index is 12.3. The first-order valence-electron chi connectivity index (χ1n) is 7.49. The third-order valence-electron chi connectivity index (χ3n) is 3.56. The van der Waals surface area contributed by atoms with Gasteiger partial charge in [-0.05, 0) is 29.3 Å². The standard InChI is InChI=1S/C17H16ClN5O/c18-15-5-3-13(4-6-15)17(14-2-1-8-19-10-14)22-16(24)7-9-23-12-20-11-21-23/h1-6,8,10-12,17H,7,9H2,(H,22,24)/t17-/m1/s1. The highest BCUT2D eigenvalue weighted by Gasteiger charge is 2.17. The first kappa shape index (κ1) is 16.1. The van der Waals surface area contributed by atoms with Gasteiger partial charge in [0.25, 0.3) is 0 Å². The number of hydrogen-bond donors (Lipinski definition) is 1. The lowest BCUT2D eigenvalue weighted by Gasteiger charge is -2.19. The lowest BCUT2D eigenvalue weighted by Crippen LogP contribution is -2.30. The Morgan fingerprint density at radius 1 is 1.17 bits per heavy atom. The predicted molar refractivity (Wildman–Crippen MR) is 90.3 cm³/mol. The van der Waals surface area contributed by atoms with Crippen LogP contribution in [0.2, 0.25) is 5.02 Å². The molecule has 0 spiro atoms. The van der Waals surface area contributed by atoms with Gasteiger partial charge in [0, 0.05) is 23.8 Å². The molecule has 7 heteroatoms. The highest BCUT2D eigenvalue weighted by Crippen LogP contribution is 2.23. The van der Waals surface area contributed by atoms with Crippen LogP contribution in [0.5, 0.6) is 0 Å². The van der Waals surface area contributed by atoms with Crippen molar-refractivity contribution in [1.29, 1.82) is 0 Å². The lowest BCUT2D eigenvalue weighted by atomic mass is 10.00. The second kappa shape index (κ2) is 7.70. The molecule has 0 radical (unpaired) electrons. The van der Waals surface area contributed by atoms with Crippen LogP contribution in [0.3, 0.4) is 0 Å². The van der Waals surface area contributed by atoms with E-state index in [0.29, 0.717) is 18.0 Å². The topological polar surface area (TPSA) is 72.7 Å². The average molecular weight is 342 g/mol. The van der Waals surface area contributed by atoms with Crippen LogP contribution in [0.4, 0.5) is 0 Å². The number of nitrogens with zero attached hydrogens (tertiary/aromatic N) is 4. The Balaban J connectivity index is 1.74. The number of benzene rings is 1. The number of carbonyl (C=O) groups is 1. The van der Waals surface area contributed by atoms with E-state index in [4.69, 9.17) is 11.6 Å².